The zero-order valence-electron chi connectivity index (χ0n) is 19.3. The second-order valence-corrected chi connectivity index (χ2v) is 8.29. The van der Waals surface area contributed by atoms with Crippen LogP contribution in [0.3, 0.4) is 0 Å². The van der Waals surface area contributed by atoms with Gasteiger partial charge in [0.2, 0.25) is 0 Å². The maximum atomic E-state index is 5.99. The van der Waals surface area contributed by atoms with Crippen LogP contribution in [0.4, 0.5) is 0 Å². The molecule has 0 atom stereocenters. The molecule has 2 heteroatoms. The van der Waals surface area contributed by atoms with Crippen molar-refractivity contribution >= 4 is 0 Å². The van der Waals surface area contributed by atoms with Crippen LogP contribution in [0.15, 0.2) is 48.5 Å². The molecule has 166 valence electrons. The van der Waals surface area contributed by atoms with Gasteiger partial charge in [-0.2, -0.15) is 0 Å². The highest BCUT2D eigenvalue weighted by Crippen LogP contribution is 2.27. The fourth-order valence-corrected chi connectivity index (χ4v) is 3.68. The molecule has 0 unspecified atom stereocenters. The topological polar surface area (TPSA) is 18.5 Å². The Morgan fingerprint density at radius 2 is 0.900 bits per heavy atom. The van der Waals surface area contributed by atoms with E-state index in [0.29, 0.717) is 0 Å². The van der Waals surface area contributed by atoms with Crippen molar-refractivity contribution in [2.75, 3.05) is 13.2 Å². The first-order chi connectivity index (χ1) is 14.8. The molecule has 30 heavy (non-hydrogen) atoms. The Morgan fingerprint density at radius 3 is 1.33 bits per heavy atom. The molecule has 0 aliphatic rings. The van der Waals surface area contributed by atoms with E-state index in [-0.39, 0.29) is 0 Å². The summed E-state index contributed by atoms with van der Waals surface area (Å²) in [5.74, 6) is 1.92. The van der Waals surface area contributed by atoms with Gasteiger partial charge in [0.25, 0.3) is 0 Å². The number of hydrogen-bond acceptors (Lipinski definition) is 2. The molecule has 0 aliphatic heterocycles. The predicted molar refractivity (Wildman–Crippen MR) is 130 cm³/mol. The minimum Gasteiger partial charge on any atom is -0.494 e. The van der Waals surface area contributed by atoms with E-state index in [1.807, 2.05) is 0 Å². The van der Waals surface area contributed by atoms with Crippen molar-refractivity contribution in [2.45, 2.75) is 90.9 Å². The van der Waals surface area contributed by atoms with Gasteiger partial charge in [-0.25, -0.2) is 0 Å². The Balaban J connectivity index is 1.76. The molecular formula is C28H42O2. The maximum Gasteiger partial charge on any atom is 0.119 e. The minimum atomic E-state index is 0.803. The molecule has 2 nitrogen and oxygen atoms in total. The highest BCUT2D eigenvalue weighted by Gasteiger charge is 2.03. The largest absolute Gasteiger partial charge is 0.494 e. The van der Waals surface area contributed by atoms with E-state index in [1.165, 1.54) is 75.3 Å². The van der Waals surface area contributed by atoms with Crippen molar-refractivity contribution in [3.05, 3.63) is 48.5 Å². The first-order valence-electron chi connectivity index (χ1n) is 12.3. The summed E-state index contributed by atoms with van der Waals surface area (Å²) in [6.45, 7) is 6.12. The summed E-state index contributed by atoms with van der Waals surface area (Å²) < 4.78 is 12.0. The zero-order chi connectivity index (χ0) is 21.3. The standard InChI is InChI=1S/C28H42O2/c1-3-5-7-9-11-13-21-29-27-19-15-17-25(23-27)26-18-16-20-28(24-26)30-22-14-12-10-8-6-4-2/h15-20,23-24H,3-14,21-22H2,1-2H3. The number of hydrogen-bond donors (Lipinski definition) is 0. The smallest absolute Gasteiger partial charge is 0.119 e. The second-order valence-electron chi connectivity index (χ2n) is 8.29. The summed E-state index contributed by atoms with van der Waals surface area (Å²) in [4.78, 5) is 0. The lowest BCUT2D eigenvalue weighted by Gasteiger charge is -2.10. The highest BCUT2D eigenvalue weighted by molar-refractivity contribution is 5.66. The fraction of sp³-hybridized carbons (Fsp3) is 0.571. The summed E-state index contributed by atoms with van der Waals surface area (Å²) in [6.07, 6.45) is 15.4. The summed E-state index contributed by atoms with van der Waals surface area (Å²) in [6, 6.07) is 16.8. The maximum absolute atomic E-state index is 5.99. The molecule has 2 aromatic carbocycles. The van der Waals surface area contributed by atoms with E-state index in [2.05, 4.69) is 62.4 Å². The van der Waals surface area contributed by atoms with Crippen molar-refractivity contribution in [1.82, 2.24) is 0 Å². The monoisotopic (exact) mass is 410 g/mol. The minimum absolute atomic E-state index is 0.803. The van der Waals surface area contributed by atoms with E-state index >= 15 is 0 Å². The molecule has 0 fully saturated rings. The molecule has 0 saturated carbocycles. The second kappa shape index (κ2) is 15.8. The summed E-state index contributed by atoms with van der Waals surface area (Å²) in [7, 11) is 0. The van der Waals surface area contributed by atoms with E-state index in [1.54, 1.807) is 0 Å². The predicted octanol–water partition coefficient (Wildman–Crippen LogP) is 8.83. The number of ether oxygens (including phenoxy) is 2. The molecule has 0 aliphatic carbocycles. The average Bonchev–Trinajstić information content (AvgIpc) is 2.78. The third-order valence-corrected chi connectivity index (χ3v) is 5.53. The number of benzene rings is 2. The summed E-state index contributed by atoms with van der Waals surface area (Å²) in [5, 5.41) is 0. The molecule has 0 N–H and O–H groups in total. The van der Waals surface area contributed by atoms with Crippen molar-refractivity contribution in [3.63, 3.8) is 0 Å². The normalized spacial score (nSPS) is 10.9. The van der Waals surface area contributed by atoms with Gasteiger partial charge >= 0.3 is 0 Å². The molecule has 0 amide bonds. The van der Waals surface area contributed by atoms with Gasteiger partial charge < -0.3 is 9.47 Å². The van der Waals surface area contributed by atoms with Crippen LogP contribution in [-0.2, 0) is 0 Å². The first-order valence-corrected chi connectivity index (χ1v) is 12.3. The molecule has 0 spiro atoms. The van der Waals surface area contributed by atoms with Crippen LogP contribution in [0.2, 0.25) is 0 Å². The van der Waals surface area contributed by atoms with Crippen LogP contribution >= 0.6 is 0 Å². The van der Waals surface area contributed by atoms with Gasteiger partial charge in [-0.05, 0) is 48.2 Å². The summed E-state index contributed by atoms with van der Waals surface area (Å²) >= 11 is 0. The van der Waals surface area contributed by atoms with Crippen molar-refractivity contribution in [1.29, 1.82) is 0 Å². The Morgan fingerprint density at radius 1 is 0.500 bits per heavy atom. The zero-order valence-corrected chi connectivity index (χ0v) is 19.3. The summed E-state index contributed by atoms with van der Waals surface area (Å²) in [5.41, 5.74) is 2.36. The van der Waals surface area contributed by atoms with Gasteiger partial charge in [-0.15, -0.1) is 0 Å². The van der Waals surface area contributed by atoms with Crippen LogP contribution in [-0.4, -0.2) is 13.2 Å². The lowest BCUT2D eigenvalue weighted by molar-refractivity contribution is 0.304. The molecule has 0 heterocycles. The average molecular weight is 411 g/mol. The number of unbranched alkanes of at least 4 members (excludes halogenated alkanes) is 10. The molecule has 0 bridgehead atoms. The van der Waals surface area contributed by atoms with Gasteiger partial charge in [0.15, 0.2) is 0 Å². The van der Waals surface area contributed by atoms with Gasteiger partial charge in [0, 0.05) is 0 Å². The molecule has 2 rings (SSSR count). The van der Waals surface area contributed by atoms with Gasteiger partial charge in [-0.3, -0.25) is 0 Å². The number of rotatable bonds is 17. The van der Waals surface area contributed by atoms with Crippen LogP contribution in [0.5, 0.6) is 11.5 Å². The molecular weight excluding hydrogens is 368 g/mol. The quantitative estimate of drug-likeness (QED) is 0.242. The molecule has 0 aromatic heterocycles. The molecule has 2 aromatic rings. The van der Waals surface area contributed by atoms with Gasteiger partial charge in [0.05, 0.1) is 13.2 Å². The van der Waals surface area contributed by atoms with Crippen LogP contribution in [0.1, 0.15) is 90.9 Å². The van der Waals surface area contributed by atoms with E-state index < -0.39 is 0 Å². The fourth-order valence-electron chi connectivity index (χ4n) is 3.68. The SMILES string of the molecule is CCCCCCCCOc1cccc(-c2cccc(OCCCCCCCC)c2)c1. The van der Waals surface area contributed by atoms with Crippen LogP contribution in [0, 0.1) is 0 Å². The van der Waals surface area contributed by atoms with Crippen molar-refractivity contribution in [3.8, 4) is 22.6 Å². The third-order valence-electron chi connectivity index (χ3n) is 5.53. The molecule has 0 radical (unpaired) electrons. The van der Waals surface area contributed by atoms with Crippen LogP contribution in [0.25, 0.3) is 11.1 Å². The lowest BCUT2D eigenvalue weighted by atomic mass is 10.1. The van der Waals surface area contributed by atoms with Gasteiger partial charge in [-0.1, -0.05) is 102 Å². The highest BCUT2D eigenvalue weighted by atomic mass is 16.5. The Kier molecular flexibility index (Phi) is 12.8. The van der Waals surface area contributed by atoms with Crippen LogP contribution < -0.4 is 9.47 Å². The van der Waals surface area contributed by atoms with Gasteiger partial charge in [0.1, 0.15) is 11.5 Å². The Bertz CT molecular complexity index is 620. The van der Waals surface area contributed by atoms with E-state index in [0.717, 1.165) is 37.6 Å². The Hall–Kier alpha value is -1.96. The first kappa shape index (κ1) is 24.3. The molecule has 0 saturated heterocycles. The van der Waals surface area contributed by atoms with Crippen molar-refractivity contribution < 1.29 is 9.47 Å². The lowest BCUT2D eigenvalue weighted by Crippen LogP contribution is -1.98. The van der Waals surface area contributed by atoms with E-state index in [4.69, 9.17) is 9.47 Å². The third kappa shape index (κ3) is 10.2. The van der Waals surface area contributed by atoms with E-state index in [9.17, 15) is 0 Å². The van der Waals surface area contributed by atoms with Crippen molar-refractivity contribution in [2.24, 2.45) is 0 Å². The Labute approximate surface area is 185 Å².